The summed E-state index contributed by atoms with van der Waals surface area (Å²) in [5.41, 5.74) is 2.42. The minimum Gasteiger partial charge on any atom is -0.497 e. The summed E-state index contributed by atoms with van der Waals surface area (Å²) in [5.74, 6) is 1.31. The highest BCUT2D eigenvalue weighted by Gasteiger charge is 2.26. The van der Waals surface area contributed by atoms with Gasteiger partial charge >= 0.3 is 0 Å². The van der Waals surface area contributed by atoms with E-state index < -0.39 is 6.10 Å². The number of ether oxygens (including phenoxy) is 1. The van der Waals surface area contributed by atoms with Crippen LogP contribution in [0.2, 0.25) is 0 Å². The topological polar surface area (TPSA) is 85.5 Å². The number of aromatic nitrogens is 1. The summed E-state index contributed by atoms with van der Waals surface area (Å²) in [6.45, 7) is 7.44. The van der Waals surface area contributed by atoms with Gasteiger partial charge in [-0.05, 0) is 17.7 Å². The first-order valence-electron chi connectivity index (χ1n) is 12.9. The number of β-amino-alcohol motifs (C(OH)–C–C–N with tert-alkyl or cyclic N) is 1. The molecule has 3 aromatic rings. The van der Waals surface area contributed by atoms with Crippen molar-refractivity contribution in [2.45, 2.75) is 12.6 Å². The molecule has 0 aliphatic carbocycles. The predicted molar refractivity (Wildman–Crippen MR) is 141 cm³/mol. The molecule has 2 fully saturated rings. The van der Waals surface area contributed by atoms with E-state index in [1.54, 1.807) is 7.11 Å². The van der Waals surface area contributed by atoms with Crippen molar-refractivity contribution in [1.82, 2.24) is 19.7 Å². The van der Waals surface area contributed by atoms with E-state index in [0.29, 0.717) is 37.8 Å². The van der Waals surface area contributed by atoms with Gasteiger partial charge < -0.3 is 24.1 Å². The van der Waals surface area contributed by atoms with Gasteiger partial charge in [0.25, 0.3) is 5.91 Å². The summed E-state index contributed by atoms with van der Waals surface area (Å²) < 4.78 is 11.0. The number of rotatable bonds is 8. The van der Waals surface area contributed by atoms with Crippen LogP contribution < -0.4 is 9.64 Å². The zero-order chi connectivity index (χ0) is 25.6. The molecular formula is C28H35N5O4. The Labute approximate surface area is 217 Å². The van der Waals surface area contributed by atoms with Gasteiger partial charge in [0.2, 0.25) is 5.89 Å². The first-order chi connectivity index (χ1) is 18.1. The number of benzene rings is 2. The molecule has 0 radical (unpaired) electrons. The Kier molecular flexibility index (Phi) is 8.03. The van der Waals surface area contributed by atoms with Crippen LogP contribution in [0.25, 0.3) is 0 Å². The summed E-state index contributed by atoms with van der Waals surface area (Å²) in [7, 11) is 1.67. The first-order valence-corrected chi connectivity index (χ1v) is 12.9. The Hall–Kier alpha value is -3.40. The zero-order valence-corrected chi connectivity index (χ0v) is 21.3. The van der Waals surface area contributed by atoms with Gasteiger partial charge in [-0.15, -0.1) is 0 Å². The van der Waals surface area contributed by atoms with Crippen LogP contribution in [0.5, 0.6) is 5.75 Å². The number of hydrogen-bond donors (Lipinski definition) is 1. The van der Waals surface area contributed by atoms with E-state index in [0.717, 1.165) is 56.3 Å². The van der Waals surface area contributed by atoms with Gasteiger partial charge in [-0.1, -0.05) is 36.4 Å². The highest BCUT2D eigenvalue weighted by molar-refractivity contribution is 5.92. The average molecular weight is 506 g/mol. The molecule has 0 bridgehead atoms. The second-order valence-electron chi connectivity index (χ2n) is 9.61. The van der Waals surface area contributed by atoms with Gasteiger partial charge in [-0.3, -0.25) is 14.6 Å². The van der Waals surface area contributed by atoms with Crippen molar-refractivity contribution in [3.63, 3.8) is 0 Å². The second-order valence-corrected chi connectivity index (χ2v) is 9.61. The van der Waals surface area contributed by atoms with Crippen molar-refractivity contribution in [2.24, 2.45) is 0 Å². The highest BCUT2D eigenvalue weighted by Crippen LogP contribution is 2.23. The van der Waals surface area contributed by atoms with Crippen molar-refractivity contribution in [2.75, 3.05) is 70.9 Å². The number of amides is 1. The highest BCUT2D eigenvalue weighted by atomic mass is 16.5. The monoisotopic (exact) mass is 505 g/mol. The van der Waals surface area contributed by atoms with E-state index in [1.165, 1.54) is 6.26 Å². The quantitative estimate of drug-likeness (QED) is 0.500. The maximum atomic E-state index is 13.0. The van der Waals surface area contributed by atoms with Crippen LogP contribution in [-0.4, -0.2) is 96.7 Å². The summed E-state index contributed by atoms with van der Waals surface area (Å²) in [6.07, 6.45) is 1.00. The maximum Gasteiger partial charge on any atom is 0.275 e. The minimum atomic E-state index is -0.481. The summed E-state index contributed by atoms with van der Waals surface area (Å²) in [6, 6.07) is 17.8. The van der Waals surface area contributed by atoms with Gasteiger partial charge in [-0.2, -0.15) is 0 Å². The van der Waals surface area contributed by atoms with E-state index in [-0.39, 0.29) is 5.91 Å². The molecule has 1 amide bonds. The molecule has 1 unspecified atom stereocenters. The van der Waals surface area contributed by atoms with Crippen molar-refractivity contribution in [3.8, 4) is 5.75 Å². The number of carbonyl (C=O) groups is 1. The number of aliphatic hydroxyl groups excluding tert-OH is 1. The van der Waals surface area contributed by atoms with Crippen LogP contribution in [0.15, 0.2) is 65.3 Å². The average Bonchev–Trinajstić information content (AvgIpc) is 3.42. The van der Waals surface area contributed by atoms with E-state index >= 15 is 0 Å². The molecule has 0 saturated carbocycles. The van der Waals surface area contributed by atoms with Crippen LogP contribution in [0, 0.1) is 0 Å². The lowest BCUT2D eigenvalue weighted by molar-refractivity contribution is 0.0671. The molecule has 37 heavy (non-hydrogen) atoms. The van der Waals surface area contributed by atoms with Crippen LogP contribution >= 0.6 is 0 Å². The number of methoxy groups -OCH3 is 1. The van der Waals surface area contributed by atoms with Crippen molar-refractivity contribution in [1.29, 1.82) is 0 Å². The van der Waals surface area contributed by atoms with E-state index in [9.17, 15) is 9.90 Å². The third kappa shape index (κ3) is 6.30. The molecule has 1 N–H and O–H groups in total. The van der Waals surface area contributed by atoms with E-state index in [4.69, 9.17) is 9.15 Å². The van der Waals surface area contributed by atoms with Gasteiger partial charge in [0.15, 0.2) is 5.69 Å². The van der Waals surface area contributed by atoms with Gasteiger partial charge in [0.1, 0.15) is 12.0 Å². The number of hydrogen-bond acceptors (Lipinski definition) is 8. The van der Waals surface area contributed by atoms with Crippen LogP contribution in [0.4, 0.5) is 5.69 Å². The van der Waals surface area contributed by atoms with Crippen molar-refractivity contribution >= 4 is 11.6 Å². The molecule has 2 aliphatic heterocycles. The molecule has 2 saturated heterocycles. The largest absolute Gasteiger partial charge is 0.497 e. The standard InChI is InChI=1S/C28H35N5O4/c1-36-24-9-5-8-23(18-24)32-14-16-33(17-15-32)28(35)25-21-37-27(29-25)20-31-12-10-30(11-13-31)19-26(34)22-6-3-2-4-7-22/h2-9,18,21,26,34H,10-17,19-20H2,1H3. The van der Waals surface area contributed by atoms with Gasteiger partial charge in [-0.25, -0.2) is 4.98 Å². The SMILES string of the molecule is COc1cccc(N2CCN(C(=O)c3coc(CN4CCN(CC(O)c5ccccc5)CC4)n3)CC2)c1. The first kappa shape index (κ1) is 25.3. The van der Waals surface area contributed by atoms with Crippen molar-refractivity contribution < 1.29 is 19.1 Å². The number of oxazole rings is 1. The fourth-order valence-electron chi connectivity index (χ4n) is 4.97. The summed E-state index contributed by atoms with van der Waals surface area (Å²) >= 11 is 0. The number of piperazine rings is 2. The Bertz CT molecular complexity index is 1150. The minimum absolute atomic E-state index is 0.0833. The molecule has 9 heteroatoms. The third-order valence-corrected chi connectivity index (χ3v) is 7.20. The van der Waals surface area contributed by atoms with Crippen molar-refractivity contribution in [3.05, 3.63) is 78.0 Å². The lowest BCUT2D eigenvalue weighted by Crippen LogP contribution is -2.49. The Balaban J connectivity index is 1.07. The van der Waals surface area contributed by atoms with E-state index in [1.807, 2.05) is 53.4 Å². The van der Waals surface area contributed by atoms with Gasteiger partial charge in [0.05, 0.1) is 19.8 Å². The molecule has 3 heterocycles. The Morgan fingerprint density at radius 2 is 1.70 bits per heavy atom. The lowest BCUT2D eigenvalue weighted by Gasteiger charge is -2.35. The molecule has 1 aromatic heterocycles. The van der Waals surface area contributed by atoms with E-state index in [2.05, 4.69) is 25.8 Å². The molecular weight excluding hydrogens is 470 g/mol. The lowest BCUT2D eigenvalue weighted by atomic mass is 10.1. The maximum absolute atomic E-state index is 13.0. The molecule has 5 rings (SSSR count). The number of carbonyl (C=O) groups excluding carboxylic acids is 1. The molecule has 9 nitrogen and oxygen atoms in total. The molecule has 196 valence electrons. The normalized spacial score (nSPS) is 18.1. The zero-order valence-electron chi connectivity index (χ0n) is 21.3. The number of nitrogens with zero attached hydrogens (tertiary/aromatic N) is 5. The fraction of sp³-hybridized carbons (Fsp3) is 0.429. The number of aliphatic hydroxyl groups is 1. The molecule has 2 aromatic carbocycles. The second kappa shape index (κ2) is 11.8. The molecule has 0 spiro atoms. The molecule has 2 aliphatic rings. The summed E-state index contributed by atoms with van der Waals surface area (Å²) in [5, 5.41) is 10.5. The predicted octanol–water partition coefficient (Wildman–Crippen LogP) is 2.50. The number of anilines is 1. The Morgan fingerprint density at radius 3 is 2.43 bits per heavy atom. The van der Waals surface area contributed by atoms with Gasteiger partial charge in [0, 0.05) is 70.7 Å². The summed E-state index contributed by atoms with van der Waals surface area (Å²) in [4.78, 5) is 26.2. The van der Waals surface area contributed by atoms with Crippen LogP contribution in [-0.2, 0) is 6.54 Å². The van der Waals surface area contributed by atoms with Crippen LogP contribution in [0.1, 0.15) is 28.0 Å². The molecule has 1 atom stereocenters. The van der Waals surface area contributed by atoms with Crippen LogP contribution in [0.3, 0.4) is 0 Å². The smallest absolute Gasteiger partial charge is 0.275 e. The Morgan fingerprint density at radius 1 is 0.973 bits per heavy atom. The fourth-order valence-corrected chi connectivity index (χ4v) is 4.97. The third-order valence-electron chi connectivity index (χ3n) is 7.20.